The van der Waals surface area contributed by atoms with E-state index in [0.717, 1.165) is 29.6 Å². The van der Waals surface area contributed by atoms with Gasteiger partial charge in [0.15, 0.2) is 5.82 Å². The molecule has 2 atom stereocenters. The zero-order valence-electron chi connectivity index (χ0n) is 26.6. The summed E-state index contributed by atoms with van der Waals surface area (Å²) in [6, 6.07) is 5.71. The number of hydrogen-bond donors (Lipinski definition) is 1. The van der Waals surface area contributed by atoms with E-state index in [-0.39, 0.29) is 28.7 Å². The van der Waals surface area contributed by atoms with Crippen molar-refractivity contribution in [2.75, 3.05) is 50.1 Å². The predicted molar refractivity (Wildman–Crippen MR) is 173 cm³/mol. The summed E-state index contributed by atoms with van der Waals surface area (Å²) in [5.74, 6) is 0.587. The summed E-state index contributed by atoms with van der Waals surface area (Å²) in [6.07, 6.45) is 1.35. The third kappa shape index (κ3) is 5.30. The summed E-state index contributed by atoms with van der Waals surface area (Å²) < 4.78 is 22.6. The van der Waals surface area contributed by atoms with Crippen LogP contribution in [0.5, 0.6) is 0 Å². The van der Waals surface area contributed by atoms with Crippen LogP contribution in [0.3, 0.4) is 0 Å². The highest BCUT2D eigenvalue weighted by Crippen LogP contribution is 2.43. The Labute approximate surface area is 262 Å². The lowest BCUT2D eigenvalue weighted by molar-refractivity contribution is 0.0130. The Morgan fingerprint density at radius 1 is 1.07 bits per heavy atom. The number of aryl methyl sites for hydroxylation is 1. The molecular weight excluding hydrogens is 583 g/mol. The average Bonchev–Trinajstić information content (AvgIpc) is 3.38. The maximum atomic E-state index is 16.9. The van der Waals surface area contributed by atoms with Gasteiger partial charge in [0.2, 0.25) is 5.95 Å². The van der Waals surface area contributed by atoms with E-state index in [0.29, 0.717) is 47.4 Å². The number of carbonyl (C=O) groups is 1. The number of benzene rings is 2. The smallest absolute Gasteiger partial charge is 0.410 e. The Balaban J connectivity index is 1.48. The van der Waals surface area contributed by atoms with Gasteiger partial charge in [-0.15, -0.1) is 0 Å². The molecule has 1 amide bonds. The highest BCUT2D eigenvalue weighted by atomic mass is 35.5. The highest BCUT2D eigenvalue weighted by Gasteiger charge is 2.38. The molecule has 0 radical (unpaired) electrons. The van der Waals surface area contributed by atoms with Crippen molar-refractivity contribution < 1.29 is 13.9 Å². The topological polar surface area (TPSA) is 93.7 Å². The lowest BCUT2D eigenvalue weighted by Gasteiger charge is -2.46. The van der Waals surface area contributed by atoms with Crippen LogP contribution in [0.4, 0.5) is 21.0 Å². The minimum atomic E-state index is -0.596. The van der Waals surface area contributed by atoms with E-state index in [1.54, 1.807) is 17.2 Å². The highest BCUT2D eigenvalue weighted by molar-refractivity contribution is 6.35. The van der Waals surface area contributed by atoms with Crippen LogP contribution in [0.1, 0.15) is 40.2 Å². The second-order valence-corrected chi connectivity index (χ2v) is 13.8. The number of carbonyl (C=O) groups excluding carboxylic acids is 1. The van der Waals surface area contributed by atoms with Gasteiger partial charge in [0.25, 0.3) is 0 Å². The minimum Gasteiger partial charge on any atom is -0.444 e. The molecule has 10 nitrogen and oxygen atoms in total. The monoisotopic (exact) mass is 622 g/mol. The van der Waals surface area contributed by atoms with Crippen LogP contribution >= 0.6 is 11.6 Å². The first-order chi connectivity index (χ1) is 20.7. The lowest BCUT2D eigenvalue weighted by atomic mass is 9.95. The van der Waals surface area contributed by atoms with E-state index in [2.05, 4.69) is 39.0 Å². The number of aromatic nitrogens is 4. The van der Waals surface area contributed by atoms with Crippen molar-refractivity contribution in [3.63, 3.8) is 0 Å². The Kier molecular flexibility index (Phi) is 7.60. The number of rotatable bonds is 4. The molecular formula is C32H40ClFN8O2. The Hall–Kier alpha value is -3.70. The summed E-state index contributed by atoms with van der Waals surface area (Å²) in [5.41, 5.74) is 2.28. The normalized spacial score (nSPS) is 19.8. The SMILES string of the molecule is Cc1ccc2[nH]ncc2c1-c1c(Cl)cc2c(N3C[C@@H](C)N(C(=O)OC(C)(C)C)C[C@@H]3C)nc(N3CC(N(C)C)C3)nc2c1F. The number of nitrogens with one attached hydrogen (secondary N) is 1. The number of H-pyrrole nitrogens is 1. The molecule has 1 N–H and O–H groups in total. The number of nitrogens with zero attached hydrogens (tertiary/aromatic N) is 7. The van der Waals surface area contributed by atoms with E-state index >= 15 is 4.39 Å². The summed E-state index contributed by atoms with van der Waals surface area (Å²) in [6.45, 7) is 14.0. The van der Waals surface area contributed by atoms with Crippen molar-refractivity contribution in [2.45, 2.75) is 65.3 Å². The number of anilines is 2. The number of ether oxygens (including phenoxy) is 1. The predicted octanol–water partition coefficient (Wildman–Crippen LogP) is 5.86. The van der Waals surface area contributed by atoms with Crippen LogP contribution in [0.2, 0.25) is 5.02 Å². The fourth-order valence-electron chi connectivity index (χ4n) is 6.16. The van der Waals surface area contributed by atoms with Crippen molar-refractivity contribution in [1.82, 2.24) is 30.0 Å². The maximum Gasteiger partial charge on any atom is 0.410 e. The molecule has 0 aliphatic carbocycles. The summed E-state index contributed by atoms with van der Waals surface area (Å²) in [4.78, 5) is 31.1. The van der Waals surface area contributed by atoms with Crippen LogP contribution in [-0.4, -0.2) is 100 Å². The van der Waals surface area contributed by atoms with Crippen LogP contribution in [-0.2, 0) is 4.74 Å². The first-order valence-corrected chi connectivity index (χ1v) is 15.4. The van der Waals surface area contributed by atoms with Gasteiger partial charge in [-0.05, 0) is 73.3 Å². The van der Waals surface area contributed by atoms with Crippen molar-refractivity contribution in [2.24, 2.45) is 0 Å². The fraction of sp³-hybridized carbons (Fsp3) is 0.500. The van der Waals surface area contributed by atoms with Gasteiger partial charge in [0.1, 0.15) is 16.9 Å². The molecule has 0 spiro atoms. The number of hydrogen-bond acceptors (Lipinski definition) is 8. The molecule has 4 aromatic rings. The first kappa shape index (κ1) is 30.3. The standard InChI is InChI=1S/C32H40ClFN8O2/c1-17-9-10-24-22(12-35-38-24)25(17)26-23(33)11-21-28(27(26)34)36-30(40-15-20(16-40)39(7)8)37-29(21)41-13-19(3)42(14-18(41)2)31(43)44-32(4,5)6/h9-12,18-20H,13-16H2,1-8H3,(H,35,38)/t18-,19+/m0/s1. The van der Waals surface area contributed by atoms with E-state index in [4.69, 9.17) is 26.3 Å². The third-order valence-electron chi connectivity index (χ3n) is 8.69. The van der Waals surface area contributed by atoms with Gasteiger partial charge in [0.05, 0.1) is 16.7 Å². The molecule has 44 heavy (non-hydrogen) atoms. The van der Waals surface area contributed by atoms with Crippen LogP contribution in [0.15, 0.2) is 24.4 Å². The summed E-state index contributed by atoms with van der Waals surface area (Å²) in [5, 5.41) is 8.76. The quantitative estimate of drug-likeness (QED) is 0.303. The fourth-order valence-corrected chi connectivity index (χ4v) is 6.44. The molecule has 12 heteroatoms. The van der Waals surface area contributed by atoms with E-state index in [1.807, 2.05) is 53.7 Å². The van der Waals surface area contributed by atoms with Crippen molar-refractivity contribution in [3.05, 3.63) is 40.8 Å². The number of likely N-dealkylation sites (N-methyl/N-ethyl adjacent to an activating group) is 1. The van der Waals surface area contributed by atoms with Crippen LogP contribution < -0.4 is 9.80 Å². The molecule has 4 heterocycles. The van der Waals surface area contributed by atoms with Gasteiger partial charge < -0.3 is 24.3 Å². The second kappa shape index (κ2) is 11.0. The minimum absolute atomic E-state index is 0.126. The van der Waals surface area contributed by atoms with Gasteiger partial charge in [-0.2, -0.15) is 10.1 Å². The van der Waals surface area contributed by atoms with Gasteiger partial charge in [0, 0.05) is 66.2 Å². The molecule has 2 aliphatic rings. The molecule has 2 aliphatic heterocycles. The number of aromatic amines is 1. The molecule has 0 bridgehead atoms. The third-order valence-corrected chi connectivity index (χ3v) is 8.99. The van der Waals surface area contributed by atoms with Gasteiger partial charge in [-0.1, -0.05) is 17.7 Å². The van der Waals surface area contributed by atoms with Gasteiger partial charge in [-0.3, -0.25) is 5.10 Å². The Morgan fingerprint density at radius 2 is 1.80 bits per heavy atom. The van der Waals surface area contributed by atoms with Gasteiger partial charge >= 0.3 is 6.09 Å². The first-order valence-electron chi connectivity index (χ1n) is 15.0. The Morgan fingerprint density at radius 3 is 2.48 bits per heavy atom. The lowest BCUT2D eigenvalue weighted by Crippen LogP contribution is -2.59. The Bertz CT molecular complexity index is 1750. The average molecular weight is 623 g/mol. The summed E-state index contributed by atoms with van der Waals surface area (Å²) >= 11 is 6.95. The molecule has 2 saturated heterocycles. The number of amides is 1. The van der Waals surface area contributed by atoms with Crippen molar-refractivity contribution in [1.29, 1.82) is 0 Å². The van der Waals surface area contributed by atoms with E-state index in [9.17, 15) is 4.79 Å². The van der Waals surface area contributed by atoms with Crippen molar-refractivity contribution >= 4 is 51.3 Å². The van der Waals surface area contributed by atoms with Crippen LogP contribution in [0, 0.1) is 12.7 Å². The second-order valence-electron chi connectivity index (χ2n) is 13.4. The number of fused-ring (bicyclic) bond motifs is 2. The zero-order valence-corrected chi connectivity index (χ0v) is 27.3. The number of piperazine rings is 1. The largest absolute Gasteiger partial charge is 0.444 e. The number of halogens is 2. The molecule has 234 valence electrons. The molecule has 6 rings (SSSR count). The van der Waals surface area contributed by atoms with Crippen molar-refractivity contribution in [3.8, 4) is 11.1 Å². The molecule has 2 aromatic carbocycles. The van der Waals surface area contributed by atoms with Crippen LogP contribution in [0.25, 0.3) is 32.9 Å². The molecule has 0 unspecified atom stereocenters. The zero-order chi connectivity index (χ0) is 31.7. The molecule has 2 aromatic heterocycles. The molecule has 0 saturated carbocycles. The molecule has 2 fully saturated rings. The summed E-state index contributed by atoms with van der Waals surface area (Å²) in [7, 11) is 4.10. The van der Waals surface area contributed by atoms with E-state index in [1.165, 1.54) is 0 Å². The van der Waals surface area contributed by atoms with E-state index < -0.39 is 11.4 Å². The van der Waals surface area contributed by atoms with Gasteiger partial charge in [-0.25, -0.2) is 14.2 Å². The maximum absolute atomic E-state index is 16.9.